The molecule has 3 heteroatoms. The maximum absolute atomic E-state index is 7.22. The number of benzene rings is 3. The second-order valence-corrected chi connectivity index (χ2v) is 6.03. The Hall–Kier alpha value is -2.45. The molecular formula is C20H15ClO2. The Morgan fingerprint density at radius 3 is 1.83 bits per heavy atom. The number of hydrogen-bond acceptors (Lipinski definition) is 2. The summed E-state index contributed by atoms with van der Waals surface area (Å²) in [4.78, 5) is -0.774. The SMILES string of the molecule is ClC(c1ccccc1)(c1ccccc1)c1ccc2c(c1)OCO2. The Kier molecular flexibility index (Phi) is 3.47. The van der Waals surface area contributed by atoms with Gasteiger partial charge < -0.3 is 9.47 Å². The summed E-state index contributed by atoms with van der Waals surface area (Å²) >= 11 is 7.22. The summed E-state index contributed by atoms with van der Waals surface area (Å²) in [6.45, 7) is 0.255. The van der Waals surface area contributed by atoms with Crippen LogP contribution < -0.4 is 9.47 Å². The van der Waals surface area contributed by atoms with Crippen molar-refractivity contribution in [2.45, 2.75) is 4.87 Å². The molecule has 3 aromatic carbocycles. The zero-order valence-electron chi connectivity index (χ0n) is 12.4. The molecule has 0 N–H and O–H groups in total. The summed E-state index contributed by atoms with van der Waals surface area (Å²) in [5, 5.41) is 0. The van der Waals surface area contributed by atoms with Gasteiger partial charge in [0.2, 0.25) is 6.79 Å². The highest BCUT2D eigenvalue weighted by Crippen LogP contribution is 2.46. The van der Waals surface area contributed by atoms with Crippen LogP contribution in [0.4, 0.5) is 0 Å². The van der Waals surface area contributed by atoms with Crippen LogP contribution in [0.25, 0.3) is 0 Å². The fourth-order valence-electron chi connectivity index (χ4n) is 2.95. The topological polar surface area (TPSA) is 18.5 Å². The standard InChI is InChI=1S/C20H15ClO2/c21-20(15-7-3-1-4-8-15,16-9-5-2-6-10-16)17-11-12-18-19(13-17)23-14-22-18/h1-13H,14H2. The number of alkyl halides is 1. The van der Waals surface area contributed by atoms with E-state index in [4.69, 9.17) is 21.1 Å². The molecule has 0 aliphatic carbocycles. The molecular weight excluding hydrogens is 308 g/mol. The van der Waals surface area contributed by atoms with Crippen molar-refractivity contribution < 1.29 is 9.47 Å². The van der Waals surface area contributed by atoms with Crippen molar-refractivity contribution >= 4 is 11.6 Å². The monoisotopic (exact) mass is 322 g/mol. The van der Waals surface area contributed by atoms with E-state index in [1.54, 1.807) is 0 Å². The fourth-order valence-corrected chi connectivity index (χ4v) is 3.32. The highest BCUT2D eigenvalue weighted by molar-refractivity contribution is 6.28. The van der Waals surface area contributed by atoms with Crippen LogP contribution in [0.1, 0.15) is 16.7 Å². The summed E-state index contributed by atoms with van der Waals surface area (Å²) < 4.78 is 10.9. The molecule has 0 radical (unpaired) electrons. The molecule has 23 heavy (non-hydrogen) atoms. The molecule has 0 saturated carbocycles. The molecule has 114 valence electrons. The van der Waals surface area contributed by atoms with E-state index in [1.165, 1.54) is 0 Å². The summed E-state index contributed by atoms with van der Waals surface area (Å²) in [6.07, 6.45) is 0. The second-order valence-electron chi connectivity index (χ2n) is 5.46. The fraction of sp³-hybridized carbons (Fsp3) is 0.100. The third kappa shape index (κ3) is 2.36. The van der Waals surface area contributed by atoms with Gasteiger partial charge in [-0.25, -0.2) is 0 Å². The molecule has 2 nitrogen and oxygen atoms in total. The first-order chi connectivity index (χ1) is 11.3. The van der Waals surface area contributed by atoms with Crippen LogP contribution in [0.3, 0.4) is 0 Å². The third-order valence-electron chi connectivity index (χ3n) is 4.11. The molecule has 0 bridgehead atoms. The van der Waals surface area contributed by atoms with Gasteiger partial charge in [-0.05, 0) is 28.8 Å². The van der Waals surface area contributed by atoms with Gasteiger partial charge in [0.15, 0.2) is 11.5 Å². The van der Waals surface area contributed by atoms with Crippen LogP contribution in [0.15, 0.2) is 78.9 Å². The van der Waals surface area contributed by atoms with Crippen LogP contribution in [0.2, 0.25) is 0 Å². The Morgan fingerprint density at radius 1 is 0.652 bits per heavy atom. The average molecular weight is 323 g/mol. The molecule has 4 rings (SSSR count). The Labute approximate surface area is 140 Å². The van der Waals surface area contributed by atoms with E-state index in [0.717, 1.165) is 28.2 Å². The number of rotatable bonds is 3. The summed E-state index contributed by atoms with van der Waals surface area (Å²) in [5.74, 6) is 1.49. The van der Waals surface area contributed by atoms with E-state index < -0.39 is 4.87 Å². The lowest BCUT2D eigenvalue weighted by Crippen LogP contribution is -2.22. The second kappa shape index (κ2) is 5.64. The van der Waals surface area contributed by atoms with Gasteiger partial charge in [-0.3, -0.25) is 0 Å². The van der Waals surface area contributed by atoms with E-state index in [1.807, 2.05) is 78.9 Å². The minimum Gasteiger partial charge on any atom is -0.454 e. The first kappa shape index (κ1) is 14.2. The van der Waals surface area contributed by atoms with Crippen molar-refractivity contribution in [1.29, 1.82) is 0 Å². The van der Waals surface area contributed by atoms with Crippen LogP contribution in [-0.4, -0.2) is 6.79 Å². The van der Waals surface area contributed by atoms with Gasteiger partial charge in [0.25, 0.3) is 0 Å². The minimum atomic E-state index is -0.774. The van der Waals surface area contributed by atoms with E-state index in [-0.39, 0.29) is 6.79 Å². The van der Waals surface area contributed by atoms with Crippen LogP contribution in [0.5, 0.6) is 11.5 Å². The molecule has 0 spiro atoms. The highest BCUT2D eigenvalue weighted by Gasteiger charge is 2.35. The molecule has 3 aromatic rings. The van der Waals surface area contributed by atoms with Crippen molar-refractivity contribution in [3.05, 3.63) is 95.6 Å². The number of hydrogen-bond donors (Lipinski definition) is 0. The third-order valence-corrected chi connectivity index (χ3v) is 4.77. The van der Waals surface area contributed by atoms with Crippen LogP contribution >= 0.6 is 11.6 Å². The van der Waals surface area contributed by atoms with Gasteiger partial charge in [-0.1, -0.05) is 66.7 Å². The van der Waals surface area contributed by atoms with Gasteiger partial charge in [-0.2, -0.15) is 0 Å². The Morgan fingerprint density at radius 2 is 1.22 bits per heavy atom. The van der Waals surface area contributed by atoms with Crippen LogP contribution in [0, 0.1) is 0 Å². The average Bonchev–Trinajstić information content (AvgIpc) is 3.10. The predicted octanol–water partition coefficient (Wildman–Crippen LogP) is 4.95. The van der Waals surface area contributed by atoms with Crippen LogP contribution in [-0.2, 0) is 4.87 Å². The molecule has 0 fully saturated rings. The van der Waals surface area contributed by atoms with E-state index in [2.05, 4.69) is 0 Å². The van der Waals surface area contributed by atoms with Gasteiger partial charge >= 0.3 is 0 Å². The summed E-state index contributed by atoms with van der Waals surface area (Å²) in [5.41, 5.74) is 3.00. The quantitative estimate of drug-likeness (QED) is 0.502. The van der Waals surface area contributed by atoms with Gasteiger partial charge in [0.1, 0.15) is 4.87 Å². The lowest BCUT2D eigenvalue weighted by Gasteiger charge is -2.29. The Bertz CT molecular complexity index is 776. The number of ether oxygens (including phenoxy) is 2. The summed E-state index contributed by atoms with van der Waals surface area (Å²) in [7, 11) is 0. The van der Waals surface area contributed by atoms with Gasteiger partial charge in [-0.15, -0.1) is 11.6 Å². The smallest absolute Gasteiger partial charge is 0.231 e. The molecule has 0 unspecified atom stereocenters. The first-order valence-corrected chi connectivity index (χ1v) is 7.86. The molecule has 1 aliphatic rings. The van der Waals surface area contributed by atoms with Crippen molar-refractivity contribution in [2.75, 3.05) is 6.79 Å². The minimum absolute atomic E-state index is 0.255. The number of halogens is 1. The lowest BCUT2D eigenvalue weighted by atomic mass is 9.84. The maximum Gasteiger partial charge on any atom is 0.231 e. The van der Waals surface area contributed by atoms with Crippen molar-refractivity contribution in [2.24, 2.45) is 0 Å². The zero-order chi connectivity index (χ0) is 15.7. The normalized spacial score (nSPS) is 13.1. The van der Waals surface area contributed by atoms with Gasteiger partial charge in [0.05, 0.1) is 0 Å². The maximum atomic E-state index is 7.22. The largest absolute Gasteiger partial charge is 0.454 e. The zero-order valence-corrected chi connectivity index (χ0v) is 13.2. The van der Waals surface area contributed by atoms with Crippen molar-refractivity contribution in [3.63, 3.8) is 0 Å². The van der Waals surface area contributed by atoms with E-state index in [0.29, 0.717) is 0 Å². The molecule has 0 atom stereocenters. The molecule has 1 heterocycles. The van der Waals surface area contributed by atoms with Crippen molar-refractivity contribution in [1.82, 2.24) is 0 Å². The predicted molar refractivity (Wildman–Crippen MR) is 91.2 cm³/mol. The highest BCUT2D eigenvalue weighted by atomic mass is 35.5. The molecule has 0 amide bonds. The molecule has 1 aliphatic heterocycles. The molecule has 0 aromatic heterocycles. The molecule has 0 saturated heterocycles. The van der Waals surface area contributed by atoms with E-state index >= 15 is 0 Å². The van der Waals surface area contributed by atoms with Gasteiger partial charge in [0, 0.05) is 0 Å². The van der Waals surface area contributed by atoms with Crippen molar-refractivity contribution in [3.8, 4) is 11.5 Å². The summed E-state index contributed by atoms with van der Waals surface area (Å²) in [6, 6.07) is 26.1. The number of fused-ring (bicyclic) bond motifs is 1. The van der Waals surface area contributed by atoms with E-state index in [9.17, 15) is 0 Å². The first-order valence-electron chi connectivity index (χ1n) is 7.48. The Balaban J connectivity index is 1.93. The lowest BCUT2D eigenvalue weighted by molar-refractivity contribution is 0.174.